The first-order valence-electron chi connectivity index (χ1n) is 9.81. The predicted molar refractivity (Wildman–Crippen MR) is 105 cm³/mol. The molecule has 0 N–H and O–H groups in total. The zero-order valence-corrected chi connectivity index (χ0v) is 16.9. The van der Waals surface area contributed by atoms with Crippen molar-refractivity contribution < 1.29 is 14.3 Å². The zero-order chi connectivity index (χ0) is 19.6. The molecule has 148 valence electrons. The van der Waals surface area contributed by atoms with Crippen LogP contribution in [0.15, 0.2) is 24.3 Å². The van der Waals surface area contributed by atoms with Crippen molar-refractivity contribution in [3.05, 3.63) is 35.4 Å². The first-order chi connectivity index (χ1) is 12.9. The van der Waals surface area contributed by atoms with E-state index in [2.05, 4.69) is 32.8 Å². The largest absolute Gasteiger partial charge is 0.378 e. The van der Waals surface area contributed by atoms with E-state index in [4.69, 9.17) is 4.74 Å². The summed E-state index contributed by atoms with van der Waals surface area (Å²) in [4.78, 5) is 31.5. The third kappa shape index (κ3) is 4.33. The van der Waals surface area contributed by atoms with Crippen molar-refractivity contribution in [3.63, 3.8) is 0 Å². The van der Waals surface area contributed by atoms with Gasteiger partial charge < -0.3 is 19.4 Å². The van der Waals surface area contributed by atoms with Crippen LogP contribution in [0.2, 0.25) is 0 Å². The van der Waals surface area contributed by atoms with Gasteiger partial charge in [-0.3, -0.25) is 9.59 Å². The molecule has 0 bridgehead atoms. The fourth-order valence-electron chi connectivity index (χ4n) is 4.07. The molecule has 2 saturated heterocycles. The fraction of sp³-hybridized carbons (Fsp3) is 0.619. The highest BCUT2D eigenvalue weighted by Gasteiger charge is 2.38. The number of hydrogen-bond acceptors (Lipinski definition) is 4. The molecule has 0 aromatic heterocycles. The summed E-state index contributed by atoms with van der Waals surface area (Å²) in [5.74, 6) is 1.07. The second-order valence-corrected chi connectivity index (χ2v) is 8.13. The summed E-state index contributed by atoms with van der Waals surface area (Å²) in [6, 6.07) is 7.48. The molecule has 2 aliphatic heterocycles. The average Bonchev–Trinajstić information content (AvgIpc) is 3.14. The Morgan fingerprint density at radius 1 is 0.963 bits per heavy atom. The van der Waals surface area contributed by atoms with Gasteiger partial charge in [0.2, 0.25) is 0 Å². The summed E-state index contributed by atoms with van der Waals surface area (Å²) in [6.45, 7) is 8.40. The molecule has 6 nitrogen and oxygen atoms in total. The second-order valence-electron chi connectivity index (χ2n) is 8.13. The maximum atomic E-state index is 13.0. The monoisotopic (exact) mass is 373 g/mol. The van der Waals surface area contributed by atoms with Crippen LogP contribution >= 0.6 is 0 Å². The van der Waals surface area contributed by atoms with Gasteiger partial charge in [-0.2, -0.15) is 0 Å². The van der Waals surface area contributed by atoms with Crippen LogP contribution in [0, 0.1) is 11.8 Å². The minimum absolute atomic E-state index is 0.00557. The predicted octanol–water partition coefficient (Wildman–Crippen LogP) is 1.82. The van der Waals surface area contributed by atoms with Gasteiger partial charge in [-0.05, 0) is 50.2 Å². The van der Waals surface area contributed by atoms with E-state index in [0.29, 0.717) is 55.3 Å². The second kappa shape index (κ2) is 8.40. The Morgan fingerprint density at radius 2 is 1.48 bits per heavy atom. The van der Waals surface area contributed by atoms with Crippen molar-refractivity contribution in [2.45, 2.75) is 19.9 Å². The van der Waals surface area contributed by atoms with Gasteiger partial charge in [0.25, 0.3) is 11.8 Å². The molecule has 0 radical (unpaired) electrons. The summed E-state index contributed by atoms with van der Waals surface area (Å²) >= 11 is 0. The molecule has 2 heterocycles. The van der Waals surface area contributed by atoms with E-state index < -0.39 is 0 Å². The highest BCUT2D eigenvalue weighted by atomic mass is 16.5. The number of likely N-dealkylation sites (tertiary alicyclic amines) is 1. The maximum Gasteiger partial charge on any atom is 0.254 e. The lowest BCUT2D eigenvalue weighted by Crippen LogP contribution is -2.40. The number of nitrogens with zero attached hydrogens (tertiary/aromatic N) is 3. The van der Waals surface area contributed by atoms with Crippen molar-refractivity contribution in [3.8, 4) is 0 Å². The maximum absolute atomic E-state index is 13.0. The molecule has 0 unspecified atom stereocenters. The van der Waals surface area contributed by atoms with Crippen LogP contribution < -0.4 is 0 Å². The minimum atomic E-state index is 0.00557. The molecule has 2 fully saturated rings. The summed E-state index contributed by atoms with van der Waals surface area (Å²) in [5, 5.41) is 0. The summed E-state index contributed by atoms with van der Waals surface area (Å²) in [5.41, 5.74) is 1.27. The van der Waals surface area contributed by atoms with Crippen LogP contribution in [0.25, 0.3) is 0 Å². The van der Waals surface area contributed by atoms with E-state index in [0.717, 1.165) is 13.1 Å². The number of likely N-dealkylation sites (N-methyl/N-ethyl adjacent to an activating group) is 1. The Kier molecular flexibility index (Phi) is 6.17. The van der Waals surface area contributed by atoms with Gasteiger partial charge in [-0.25, -0.2) is 0 Å². The fourth-order valence-corrected chi connectivity index (χ4v) is 4.07. The van der Waals surface area contributed by atoms with Crippen LogP contribution in [-0.2, 0) is 4.74 Å². The molecule has 0 aliphatic carbocycles. The molecule has 3 rings (SSSR count). The molecular weight excluding hydrogens is 342 g/mol. The van der Waals surface area contributed by atoms with E-state index in [-0.39, 0.29) is 11.8 Å². The Bertz CT molecular complexity index is 650. The molecule has 2 atom stereocenters. The standard InChI is InChI=1S/C21H31N3O3/c1-15(2)18-13-24(14-19(18)22(3)4)21(26)17-7-5-16(6-8-17)20(25)23-9-11-27-12-10-23/h5-8,15,18-19H,9-14H2,1-4H3/t18-,19+/m0/s1. The number of ether oxygens (including phenoxy) is 1. The van der Waals surface area contributed by atoms with Crippen LogP contribution in [0.5, 0.6) is 0 Å². The van der Waals surface area contributed by atoms with Crippen molar-refractivity contribution in [2.75, 3.05) is 53.5 Å². The highest BCUT2D eigenvalue weighted by molar-refractivity contribution is 5.98. The molecule has 1 aromatic carbocycles. The molecule has 0 saturated carbocycles. The number of carbonyl (C=O) groups is 2. The van der Waals surface area contributed by atoms with Crippen molar-refractivity contribution in [1.29, 1.82) is 0 Å². The molecule has 2 aliphatic rings. The Labute approximate surface area is 162 Å². The van der Waals surface area contributed by atoms with E-state index in [9.17, 15) is 9.59 Å². The Morgan fingerprint density at radius 3 is 1.93 bits per heavy atom. The van der Waals surface area contributed by atoms with E-state index in [1.54, 1.807) is 29.2 Å². The van der Waals surface area contributed by atoms with Crippen LogP contribution in [0.1, 0.15) is 34.6 Å². The third-order valence-electron chi connectivity index (χ3n) is 5.82. The van der Waals surface area contributed by atoms with Gasteiger partial charge in [-0.1, -0.05) is 13.8 Å². The van der Waals surface area contributed by atoms with Gasteiger partial charge in [0.1, 0.15) is 0 Å². The molecule has 6 heteroatoms. The van der Waals surface area contributed by atoms with Gasteiger partial charge in [0.05, 0.1) is 13.2 Å². The first kappa shape index (κ1) is 19.8. The Hall–Kier alpha value is -1.92. The smallest absolute Gasteiger partial charge is 0.254 e. The average molecular weight is 373 g/mol. The third-order valence-corrected chi connectivity index (χ3v) is 5.82. The SMILES string of the molecule is CC(C)[C@@H]1CN(C(=O)c2ccc(C(=O)N3CCOCC3)cc2)C[C@H]1N(C)C. The summed E-state index contributed by atoms with van der Waals surface area (Å²) in [7, 11) is 4.17. The zero-order valence-electron chi connectivity index (χ0n) is 16.9. The molecular formula is C21H31N3O3. The van der Waals surface area contributed by atoms with E-state index >= 15 is 0 Å². The lowest BCUT2D eigenvalue weighted by Gasteiger charge is -2.27. The van der Waals surface area contributed by atoms with Crippen LogP contribution in [0.3, 0.4) is 0 Å². The molecule has 27 heavy (non-hydrogen) atoms. The van der Waals surface area contributed by atoms with Crippen molar-refractivity contribution >= 4 is 11.8 Å². The number of amides is 2. The van der Waals surface area contributed by atoms with Gasteiger partial charge in [0.15, 0.2) is 0 Å². The lowest BCUT2D eigenvalue weighted by atomic mass is 9.91. The van der Waals surface area contributed by atoms with Crippen LogP contribution in [0.4, 0.5) is 0 Å². The quantitative estimate of drug-likeness (QED) is 0.808. The van der Waals surface area contributed by atoms with E-state index in [1.165, 1.54) is 0 Å². The molecule has 0 spiro atoms. The highest BCUT2D eigenvalue weighted by Crippen LogP contribution is 2.28. The number of rotatable bonds is 4. The topological polar surface area (TPSA) is 53.1 Å². The number of hydrogen-bond donors (Lipinski definition) is 0. The number of carbonyl (C=O) groups excluding carboxylic acids is 2. The first-order valence-corrected chi connectivity index (χ1v) is 9.81. The normalized spacial score (nSPS) is 23.3. The molecule has 1 aromatic rings. The number of morpholine rings is 1. The summed E-state index contributed by atoms with van der Waals surface area (Å²) in [6.07, 6.45) is 0. The lowest BCUT2D eigenvalue weighted by molar-refractivity contribution is 0.0303. The van der Waals surface area contributed by atoms with E-state index in [1.807, 2.05) is 4.90 Å². The van der Waals surface area contributed by atoms with Crippen LogP contribution in [-0.4, -0.2) is 86.0 Å². The van der Waals surface area contributed by atoms with Crippen molar-refractivity contribution in [1.82, 2.24) is 14.7 Å². The number of benzene rings is 1. The minimum Gasteiger partial charge on any atom is -0.378 e. The van der Waals surface area contributed by atoms with Gasteiger partial charge in [0, 0.05) is 43.3 Å². The van der Waals surface area contributed by atoms with Crippen molar-refractivity contribution in [2.24, 2.45) is 11.8 Å². The molecule has 2 amide bonds. The van der Waals surface area contributed by atoms with Gasteiger partial charge in [-0.15, -0.1) is 0 Å². The van der Waals surface area contributed by atoms with Gasteiger partial charge >= 0.3 is 0 Å². The Balaban J connectivity index is 1.68. The summed E-state index contributed by atoms with van der Waals surface area (Å²) < 4.78 is 5.30.